The first kappa shape index (κ1) is 15.9. The van der Waals surface area contributed by atoms with Gasteiger partial charge in [0, 0.05) is 17.1 Å². The van der Waals surface area contributed by atoms with Gasteiger partial charge in [-0.2, -0.15) is 0 Å². The normalized spacial score (nSPS) is 20.4. The highest BCUT2D eigenvalue weighted by Gasteiger charge is 2.25. The number of nitrogens with zero attached hydrogens (tertiary/aromatic N) is 1. The molecule has 0 saturated carbocycles. The van der Waals surface area contributed by atoms with Gasteiger partial charge in [0.15, 0.2) is 0 Å². The fourth-order valence-corrected chi connectivity index (χ4v) is 3.66. The Bertz CT molecular complexity index is 548. The zero-order valence-electron chi connectivity index (χ0n) is 11.7. The van der Waals surface area contributed by atoms with E-state index in [-0.39, 0.29) is 0 Å². The number of likely N-dealkylation sites (tertiary alicyclic amines) is 1. The second-order valence-electron chi connectivity index (χ2n) is 5.27. The van der Waals surface area contributed by atoms with Crippen LogP contribution in [-0.4, -0.2) is 39.2 Å². The van der Waals surface area contributed by atoms with Gasteiger partial charge >= 0.3 is 0 Å². The second-order valence-corrected chi connectivity index (χ2v) is 8.02. The molecule has 1 aliphatic rings. The van der Waals surface area contributed by atoms with Crippen molar-refractivity contribution in [2.45, 2.75) is 25.3 Å². The van der Waals surface area contributed by atoms with Crippen molar-refractivity contribution in [2.75, 3.05) is 25.9 Å². The van der Waals surface area contributed by atoms with Gasteiger partial charge in [0.25, 0.3) is 0 Å². The van der Waals surface area contributed by atoms with Gasteiger partial charge < -0.3 is 0 Å². The molecule has 1 aromatic carbocycles. The van der Waals surface area contributed by atoms with Crippen molar-refractivity contribution >= 4 is 26.0 Å². The minimum absolute atomic E-state index is 0.464. The number of sulfonamides is 1. The van der Waals surface area contributed by atoms with Gasteiger partial charge in [-0.25, -0.2) is 13.1 Å². The first-order valence-corrected chi connectivity index (χ1v) is 9.58. The van der Waals surface area contributed by atoms with E-state index in [0.717, 1.165) is 24.0 Å². The van der Waals surface area contributed by atoms with E-state index in [1.54, 1.807) is 0 Å². The van der Waals surface area contributed by atoms with E-state index in [0.29, 0.717) is 12.6 Å². The third kappa shape index (κ3) is 4.84. The van der Waals surface area contributed by atoms with E-state index in [1.807, 2.05) is 6.07 Å². The van der Waals surface area contributed by atoms with Crippen LogP contribution in [0.25, 0.3) is 0 Å². The number of rotatable bonds is 6. The lowest BCUT2D eigenvalue weighted by Crippen LogP contribution is -2.29. The van der Waals surface area contributed by atoms with Crippen LogP contribution < -0.4 is 4.72 Å². The highest BCUT2D eigenvalue weighted by Crippen LogP contribution is 2.32. The van der Waals surface area contributed by atoms with Gasteiger partial charge in [-0.3, -0.25) is 4.90 Å². The average molecular weight is 361 g/mol. The predicted octanol–water partition coefficient (Wildman–Crippen LogP) is 2.53. The Balaban J connectivity index is 1.88. The van der Waals surface area contributed by atoms with Crippen LogP contribution in [0, 0.1) is 0 Å². The van der Waals surface area contributed by atoms with Crippen molar-refractivity contribution in [1.82, 2.24) is 9.62 Å². The average Bonchev–Trinajstić information content (AvgIpc) is 2.82. The largest absolute Gasteiger partial charge is 0.296 e. The summed E-state index contributed by atoms with van der Waals surface area (Å²) >= 11 is 3.52. The molecule has 1 aliphatic heterocycles. The molecular weight excluding hydrogens is 340 g/mol. The molecule has 0 spiro atoms. The molecule has 1 N–H and O–H groups in total. The molecule has 1 fully saturated rings. The highest BCUT2D eigenvalue weighted by atomic mass is 79.9. The molecule has 0 aliphatic carbocycles. The van der Waals surface area contributed by atoms with Crippen LogP contribution in [0.15, 0.2) is 28.7 Å². The van der Waals surface area contributed by atoms with Crippen LogP contribution in [0.1, 0.15) is 30.9 Å². The molecule has 0 unspecified atom stereocenters. The number of benzene rings is 1. The fraction of sp³-hybridized carbons (Fsp3) is 0.571. The van der Waals surface area contributed by atoms with Crippen LogP contribution in [-0.2, 0) is 10.0 Å². The number of hydrogen-bond donors (Lipinski definition) is 1. The molecule has 0 radical (unpaired) electrons. The first-order valence-electron chi connectivity index (χ1n) is 6.90. The standard InChI is InChI=1S/C14H21BrN2O2S/c1-20(18,19)16-8-4-10-17-9-3-7-14(17)12-5-2-6-13(15)11-12/h2,5-6,11,14,16H,3-4,7-10H2,1H3/t14-/m0/s1. The molecule has 0 amide bonds. The van der Waals surface area contributed by atoms with Gasteiger partial charge in [-0.05, 0) is 50.0 Å². The Labute approximate surface area is 129 Å². The molecule has 2 rings (SSSR count). The Kier molecular flexibility index (Phi) is 5.60. The zero-order valence-corrected chi connectivity index (χ0v) is 14.1. The second kappa shape index (κ2) is 7.02. The predicted molar refractivity (Wildman–Crippen MR) is 85.2 cm³/mol. The first-order chi connectivity index (χ1) is 9.46. The van der Waals surface area contributed by atoms with E-state index >= 15 is 0 Å². The van der Waals surface area contributed by atoms with Crippen molar-refractivity contribution in [3.05, 3.63) is 34.3 Å². The van der Waals surface area contributed by atoms with E-state index < -0.39 is 10.0 Å². The molecule has 0 bridgehead atoms. The van der Waals surface area contributed by atoms with Crippen LogP contribution in [0.2, 0.25) is 0 Å². The van der Waals surface area contributed by atoms with Crippen molar-refractivity contribution in [1.29, 1.82) is 0 Å². The topological polar surface area (TPSA) is 49.4 Å². The smallest absolute Gasteiger partial charge is 0.208 e. The Hall–Kier alpha value is -0.430. The molecule has 1 atom stereocenters. The molecule has 1 saturated heterocycles. The van der Waals surface area contributed by atoms with E-state index in [2.05, 4.69) is 43.8 Å². The third-order valence-electron chi connectivity index (χ3n) is 3.58. The van der Waals surface area contributed by atoms with Crippen LogP contribution in [0.3, 0.4) is 0 Å². The van der Waals surface area contributed by atoms with Crippen molar-refractivity contribution < 1.29 is 8.42 Å². The minimum atomic E-state index is -3.07. The summed E-state index contributed by atoms with van der Waals surface area (Å²) in [6, 6.07) is 8.92. The van der Waals surface area contributed by atoms with Gasteiger partial charge in [0.05, 0.1) is 6.26 Å². The summed E-state index contributed by atoms with van der Waals surface area (Å²) in [5, 5.41) is 0. The van der Waals surface area contributed by atoms with Gasteiger partial charge in [0.1, 0.15) is 0 Å². The van der Waals surface area contributed by atoms with Crippen molar-refractivity contribution in [3.8, 4) is 0 Å². The van der Waals surface area contributed by atoms with Crippen molar-refractivity contribution in [2.24, 2.45) is 0 Å². The maximum Gasteiger partial charge on any atom is 0.208 e. The van der Waals surface area contributed by atoms with Gasteiger partial charge in [-0.1, -0.05) is 28.1 Å². The highest BCUT2D eigenvalue weighted by molar-refractivity contribution is 9.10. The lowest BCUT2D eigenvalue weighted by Gasteiger charge is -2.25. The summed E-state index contributed by atoms with van der Waals surface area (Å²) < 4.78 is 25.7. The Morgan fingerprint density at radius 2 is 2.25 bits per heavy atom. The summed E-state index contributed by atoms with van der Waals surface area (Å²) in [6.07, 6.45) is 4.43. The Morgan fingerprint density at radius 1 is 1.45 bits per heavy atom. The summed E-state index contributed by atoms with van der Waals surface area (Å²) in [4.78, 5) is 2.45. The summed E-state index contributed by atoms with van der Waals surface area (Å²) in [6.45, 7) is 2.54. The van der Waals surface area contributed by atoms with E-state index in [4.69, 9.17) is 0 Å². The van der Waals surface area contributed by atoms with Gasteiger partial charge in [0.2, 0.25) is 10.0 Å². The molecule has 0 aromatic heterocycles. The molecule has 20 heavy (non-hydrogen) atoms. The van der Waals surface area contributed by atoms with E-state index in [1.165, 1.54) is 24.7 Å². The molecule has 6 heteroatoms. The monoisotopic (exact) mass is 360 g/mol. The summed E-state index contributed by atoms with van der Waals surface area (Å²) in [5.41, 5.74) is 1.34. The number of halogens is 1. The number of hydrogen-bond acceptors (Lipinski definition) is 3. The zero-order chi connectivity index (χ0) is 14.6. The van der Waals surface area contributed by atoms with E-state index in [9.17, 15) is 8.42 Å². The number of nitrogens with one attached hydrogen (secondary N) is 1. The summed E-state index contributed by atoms with van der Waals surface area (Å²) in [5.74, 6) is 0. The Morgan fingerprint density at radius 3 is 2.95 bits per heavy atom. The van der Waals surface area contributed by atoms with Crippen LogP contribution in [0.4, 0.5) is 0 Å². The maximum absolute atomic E-state index is 11.0. The molecular formula is C14H21BrN2O2S. The molecule has 112 valence electrons. The third-order valence-corrected chi connectivity index (χ3v) is 4.81. The van der Waals surface area contributed by atoms with Crippen LogP contribution >= 0.6 is 15.9 Å². The lowest BCUT2D eigenvalue weighted by molar-refractivity contribution is 0.254. The summed E-state index contributed by atoms with van der Waals surface area (Å²) in [7, 11) is -3.07. The molecule has 1 heterocycles. The maximum atomic E-state index is 11.0. The molecule has 4 nitrogen and oxygen atoms in total. The SMILES string of the molecule is CS(=O)(=O)NCCCN1CCC[C@H]1c1cccc(Br)c1. The van der Waals surface area contributed by atoms with Crippen LogP contribution in [0.5, 0.6) is 0 Å². The lowest BCUT2D eigenvalue weighted by atomic mass is 10.0. The fourth-order valence-electron chi connectivity index (χ4n) is 2.72. The van der Waals surface area contributed by atoms with Gasteiger partial charge in [-0.15, -0.1) is 0 Å². The quantitative estimate of drug-likeness (QED) is 0.793. The minimum Gasteiger partial charge on any atom is -0.296 e. The van der Waals surface area contributed by atoms with Crippen molar-refractivity contribution in [3.63, 3.8) is 0 Å². The molecule has 1 aromatic rings.